The Balaban J connectivity index is 0.000000252. The molecule has 0 saturated heterocycles. The van der Waals surface area contributed by atoms with Crippen molar-refractivity contribution in [1.29, 1.82) is 0 Å². The van der Waals surface area contributed by atoms with Gasteiger partial charge in [-0.2, -0.15) is 0 Å². The monoisotopic (exact) mass is 206 g/mol. The lowest BCUT2D eigenvalue weighted by atomic mass is 10.3. The summed E-state index contributed by atoms with van der Waals surface area (Å²) in [6.45, 7) is 0. The van der Waals surface area contributed by atoms with E-state index in [2.05, 4.69) is 0 Å². The van der Waals surface area contributed by atoms with Gasteiger partial charge in [-0.1, -0.05) is 18.2 Å². The van der Waals surface area contributed by atoms with Crippen molar-refractivity contribution in [2.75, 3.05) is 7.11 Å². The molecule has 0 spiro atoms. The molecule has 0 saturated carbocycles. The number of hydrogen-bond acceptors (Lipinski definition) is 2. The van der Waals surface area contributed by atoms with Crippen LogP contribution in [0.25, 0.3) is 0 Å². The number of para-hydroxylation sites is 1. The summed E-state index contributed by atoms with van der Waals surface area (Å²) in [7, 11) is -2.98. The zero-order valence-corrected chi connectivity index (χ0v) is 7.89. The lowest BCUT2D eigenvalue weighted by Crippen LogP contribution is -1.78. The molecule has 5 nitrogen and oxygen atoms in total. The van der Waals surface area contributed by atoms with E-state index in [1.807, 2.05) is 30.3 Å². The minimum Gasteiger partial charge on any atom is -0.497 e. The number of benzene rings is 1. The third-order valence-electron chi connectivity index (χ3n) is 0.979. The van der Waals surface area contributed by atoms with Crippen LogP contribution in [0.5, 0.6) is 5.75 Å². The summed E-state index contributed by atoms with van der Waals surface area (Å²) >= 11 is 0. The summed E-state index contributed by atoms with van der Waals surface area (Å²) in [6.07, 6.45) is 0. The number of ether oxygens (including phenoxy) is 1. The first kappa shape index (κ1) is 12.1. The minimum atomic E-state index is -4.64. The van der Waals surface area contributed by atoms with Gasteiger partial charge < -0.3 is 19.4 Å². The van der Waals surface area contributed by atoms with Crippen LogP contribution in [0.1, 0.15) is 0 Å². The van der Waals surface area contributed by atoms with Crippen molar-refractivity contribution in [3.05, 3.63) is 30.3 Å². The highest BCUT2D eigenvalue weighted by Crippen LogP contribution is 2.25. The first-order valence-corrected chi connectivity index (χ1v) is 4.87. The number of rotatable bonds is 1. The highest BCUT2D eigenvalue weighted by atomic mass is 31.2. The Morgan fingerprint density at radius 3 is 1.77 bits per heavy atom. The molecule has 74 valence electrons. The van der Waals surface area contributed by atoms with Gasteiger partial charge in [0.1, 0.15) is 5.75 Å². The summed E-state index contributed by atoms with van der Waals surface area (Å²) in [6, 6.07) is 9.68. The Morgan fingerprint density at radius 2 is 1.54 bits per heavy atom. The van der Waals surface area contributed by atoms with E-state index in [0.717, 1.165) is 5.75 Å². The summed E-state index contributed by atoms with van der Waals surface area (Å²) < 4.78 is 13.8. The lowest BCUT2D eigenvalue weighted by Gasteiger charge is -1.93. The third kappa shape index (κ3) is 11.1. The molecular formula is C7H11O5P. The van der Waals surface area contributed by atoms with Crippen molar-refractivity contribution in [2.45, 2.75) is 0 Å². The van der Waals surface area contributed by atoms with E-state index in [1.165, 1.54) is 0 Å². The zero-order valence-electron chi connectivity index (χ0n) is 6.99. The van der Waals surface area contributed by atoms with Crippen LogP contribution in [0.2, 0.25) is 0 Å². The predicted octanol–water partition coefficient (Wildman–Crippen LogP) is 0.767. The van der Waals surface area contributed by atoms with Crippen LogP contribution in [0, 0.1) is 0 Å². The molecular weight excluding hydrogens is 195 g/mol. The molecule has 1 aromatic rings. The van der Waals surface area contributed by atoms with Crippen molar-refractivity contribution >= 4 is 7.82 Å². The van der Waals surface area contributed by atoms with Crippen LogP contribution in [0.3, 0.4) is 0 Å². The van der Waals surface area contributed by atoms with Gasteiger partial charge in [-0.25, -0.2) is 4.57 Å². The van der Waals surface area contributed by atoms with E-state index in [9.17, 15) is 0 Å². The lowest BCUT2D eigenvalue weighted by molar-refractivity contribution is 0.275. The average molecular weight is 206 g/mol. The van der Waals surface area contributed by atoms with Crippen LogP contribution in [-0.4, -0.2) is 21.8 Å². The molecule has 0 aliphatic rings. The van der Waals surface area contributed by atoms with Crippen molar-refractivity contribution in [3.63, 3.8) is 0 Å². The Kier molecular flexibility index (Phi) is 5.34. The highest BCUT2D eigenvalue weighted by molar-refractivity contribution is 7.45. The zero-order chi connectivity index (χ0) is 10.3. The van der Waals surface area contributed by atoms with E-state index in [4.69, 9.17) is 24.0 Å². The molecule has 0 fully saturated rings. The van der Waals surface area contributed by atoms with Gasteiger partial charge in [0, 0.05) is 0 Å². The van der Waals surface area contributed by atoms with E-state index in [-0.39, 0.29) is 0 Å². The molecule has 0 radical (unpaired) electrons. The molecule has 0 bridgehead atoms. The van der Waals surface area contributed by atoms with Gasteiger partial charge in [0.2, 0.25) is 0 Å². The Labute approximate surface area is 75.8 Å². The molecule has 3 N–H and O–H groups in total. The minimum absolute atomic E-state index is 0.910. The Bertz CT molecular complexity index is 259. The van der Waals surface area contributed by atoms with E-state index >= 15 is 0 Å². The maximum absolute atomic E-state index is 8.88. The topological polar surface area (TPSA) is 87.0 Å². The maximum atomic E-state index is 8.88. The Hall–Kier alpha value is -0.870. The smallest absolute Gasteiger partial charge is 0.466 e. The number of phosphoric acid groups is 1. The third-order valence-corrected chi connectivity index (χ3v) is 0.979. The summed E-state index contributed by atoms with van der Waals surface area (Å²) in [5, 5.41) is 0. The van der Waals surface area contributed by atoms with Gasteiger partial charge in [-0.05, 0) is 12.1 Å². The Morgan fingerprint density at radius 1 is 1.15 bits per heavy atom. The van der Waals surface area contributed by atoms with Crippen LogP contribution < -0.4 is 4.74 Å². The molecule has 0 heterocycles. The van der Waals surface area contributed by atoms with E-state index in [1.54, 1.807) is 7.11 Å². The van der Waals surface area contributed by atoms with Crippen molar-refractivity contribution in [1.82, 2.24) is 0 Å². The molecule has 0 amide bonds. The normalized spacial score (nSPS) is 9.85. The molecule has 0 unspecified atom stereocenters. The molecule has 0 aliphatic heterocycles. The molecule has 13 heavy (non-hydrogen) atoms. The predicted molar refractivity (Wildman–Crippen MR) is 47.3 cm³/mol. The molecule has 1 aromatic carbocycles. The van der Waals surface area contributed by atoms with Gasteiger partial charge in [0.25, 0.3) is 0 Å². The first-order chi connectivity index (χ1) is 5.93. The quantitative estimate of drug-likeness (QED) is 0.590. The fourth-order valence-corrected chi connectivity index (χ4v) is 0.557. The fourth-order valence-electron chi connectivity index (χ4n) is 0.557. The van der Waals surface area contributed by atoms with Crippen LogP contribution in [0.15, 0.2) is 30.3 Å². The van der Waals surface area contributed by atoms with Gasteiger partial charge in [-0.3, -0.25) is 0 Å². The van der Waals surface area contributed by atoms with Gasteiger partial charge in [0.15, 0.2) is 0 Å². The largest absolute Gasteiger partial charge is 0.497 e. The molecule has 0 aromatic heterocycles. The van der Waals surface area contributed by atoms with Crippen molar-refractivity contribution in [3.8, 4) is 5.75 Å². The van der Waals surface area contributed by atoms with Gasteiger partial charge in [0.05, 0.1) is 7.11 Å². The summed E-state index contributed by atoms with van der Waals surface area (Å²) in [5.41, 5.74) is 0. The van der Waals surface area contributed by atoms with Crippen molar-refractivity contribution < 1.29 is 24.0 Å². The van der Waals surface area contributed by atoms with Gasteiger partial charge >= 0.3 is 7.82 Å². The summed E-state index contributed by atoms with van der Waals surface area (Å²) in [5.74, 6) is 0.910. The fraction of sp³-hybridized carbons (Fsp3) is 0.143. The molecule has 6 heteroatoms. The maximum Gasteiger partial charge on any atom is 0.466 e. The number of methoxy groups -OCH3 is 1. The van der Waals surface area contributed by atoms with E-state index in [0.29, 0.717) is 0 Å². The molecule has 0 aliphatic carbocycles. The summed E-state index contributed by atoms with van der Waals surface area (Å²) in [4.78, 5) is 21.6. The van der Waals surface area contributed by atoms with Crippen molar-refractivity contribution in [2.24, 2.45) is 0 Å². The van der Waals surface area contributed by atoms with E-state index < -0.39 is 7.82 Å². The first-order valence-electron chi connectivity index (χ1n) is 3.31. The van der Waals surface area contributed by atoms with Gasteiger partial charge in [-0.15, -0.1) is 0 Å². The van der Waals surface area contributed by atoms with Crippen LogP contribution in [-0.2, 0) is 4.57 Å². The highest BCUT2D eigenvalue weighted by Gasteiger charge is 2.00. The molecule has 0 atom stereocenters. The molecule has 1 rings (SSSR count). The van der Waals surface area contributed by atoms with Crippen LogP contribution in [0.4, 0.5) is 0 Å². The SMILES string of the molecule is COc1ccccc1.O=P(O)(O)O. The average Bonchev–Trinajstić information content (AvgIpc) is 2.03. The van der Waals surface area contributed by atoms with Crippen LogP contribution >= 0.6 is 7.82 Å². The second kappa shape index (κ2) is 5.72. The second-order valence-electron chi connectivity index (χ2n) is 2.03. The standard InChI is InChI=1S/C7H8O.H3O4P/c1-8-7-5-3-2-4-6-7;1-5(2,3)4/h2-6H,1H3;(H3,1,2,3,4). The number of hydrogen-bond donors (Lipinski definition) is 3. The second-order valence-corrected chi connectivity index (χ2v) is 3.06.